The third-order valence-electron chi connectivity index (χ3n) is 5.05. The van der Waals surface area contributed by atoms with Crippen molar-refractivity contribution >= 4 is 5.91 Å². The molecule has 5 nitrogen and oxygen atoms in total. The van der Waals surface area contributed by atoms with E-state index in [0.29, 0.717) is 30.3 Å². The van der Waals surface area contributed by atoms with Crippen LogP contribution in [0.25, 0.3) is 11.3 Å². The predicted octanol–water partition coefficient (Wildman–Crippen LogP) is 2.88. The SMILES string of the molecule is CCC1(CC)CNC(=O)C1NCc1ncc(-c2ccccc2F)o1. The van der Waals surface area contributed by atoms with E-state index in [1.54, 1.807) is 18.2 Å². The van der Waals surface area contributed by atoms with Crippen molar-refractivity contribution in [1.82, 2.24) is 15.6 Å². The first-order valence-corrected chi connectivity index (χ1v) is 8.30. The van der Waals surface area contributed by atoms with E-state index in [1.165, 1.54) is 12.3 Å². The smallest absolute Gasteiger partial charge is 0.237 e. The molecule has 1 aromatic heterocycles. The molecule has 1 aliphatic heterocycles. The number of aromatic nitrogens is 1. The van der Waals surface area contributed by atoms with Crippen LogP contribution in [0.5, 0.6) is 0 Å². The highest BCUT2D eigenvalue weighted by molar-refractivity contribution is 5.85. The monoisotopic (exact) mass is 331 g/mol. The number of hydrogen-bond acceptors (Lipinski definition) is 4. The van der Waals surface area contributed by atoms with Gasteiger partial charge in [-0.25, -0.2) is 9.37 Å². The Morgan fingerprint density at radius 1 is 1.38 bits per heavy atom. The van der Waals surface area contributed by atoms with Crippen LogP contribution in [0, 0.1) is 11.2 Å². The second-order valence-corrected chi connectivity index (χ2v) is 6.20. The summed E-state index contributed by atoms with van der Waals surface area (Å²) in [7, 11) is 0. The van der Waals surface area contributed by atoms with Crippen molar-refractivity contribution in [2.45, 2.75) is 39.3 Å². The molecule has 0 spiro atoms. The molecule has 0 aliphatic carbocycles. The summed E-state index contributed by atoms with van der Waals surface area (Å²) in [5, 5.41) is 6.19. The van der Waals surface area contributed by atoms with Crippen molar-refractivity contribution in [3.8, 4) is 11.3 Å². The first-order valence-electron chi connectivity index (χ1n) is 8.30. The highest BCUT2D eigenvalue weighted by Gasteiger charge is 2.45. The van der Waals surface area contributed by atoms with Gasteiger partial charge in [0.1, 0.15) is 5.82 Å². The lowest BCUT2D eigenvalue weighted by atomic mass is 9.78. The number of carbonyl (C=O) groups is 1. The topological polar surface area (TPSA) is 67.2 Å². The van der Waals surface area contributed by atoms with Crippen LogP contribution in [0.4, 0.5) is 4.39 Å². The van der Waals surface area contributed by atoms with Crippen molar-refractivity contribution in [3.05, 3.63) is 42.2 Å². The van der Waals surface area contributed by atoms with E-state index in [-0.39, 0.29) is 23.2 Å². The maximum absolute atomic E-state index is 13.8. The third kappa shape index (κ3) is 2.94. The van der Waals surface area contributed by atoms with Gasteiger partial charge in [0.15, 0.2) is 5.76 Å². The lowest BCUT2D eigenvalue weighted by Crippen LogP contribution is -2.45. The van der Waals surface area contributed by atoms with Gasteiger partial charge in [-0.05, 0) is 25.0 Å². The van der Waals surface area contributed by atoms with Gasteiger partial charge >= 0.3 is 0 Å². The summed E-state index contributed by atoms with van der Waals surface area (Å²) in [4.78, 5) is 16.3. The Kier molecular flexibility index (Phi) is 4.66. The van der Waals surface area contributed by atoms with E-state index in [4.69, 9.17) is 4.42 Å². The summed E-state index contributed by atoms with van der Waals surface area (Å²) in [6.45, 7) is 5.20. The number of amides is 1. The standard InChI is InChI=1S/C18H22FN3O2/c1-3-18(4-2)11-22-17(23)16(18)21-10-15-20-9-14(24-15)12-7-5-6-8-13(12)19/h5-9,16,21H,3-4,10-11H2,1-2H3,(H,22,23). The van der Waals surface area contributed by atoms with Crippen LogP contribution in [0.1, 0.15) is 32.6 Å². The summed E-state index contributed by atoms with van der Waals surface area (Å²) >= 11 is 0. The summed E-state index contributed by atoms with van der Waals surface area (Å²) in [5.74, 6) is 0.492. The molecule has 2 heterocycles. The number of hydrogen-bond donors (Lipinski definition) is 2. The molecule has 128 valence electrons. The third-order valence-corrected chi connectivity index (χ3v) is 5.05. The molecule has 3 rings (SSSR count). The number of oxazole rings is 1. The number of carbonyl (C=O) groups excluding carboxylic acids is 1. The molecular weight excluding hydrogens is 309 g/mol. The van der Waals surface area contributed by atoms with Crippen LogP contribution in [0.15, 0.2) is 34.9 Å². The van der Waals surface area contributed by atoms with E-state index in [2.05, 4.69) is 29.5 Å². The number of rotatable bonds is 6. The Morgan fingerprint density at radius 2 is 2.12 bits per heavy atom. The fourth-order valence-electron chi connectivity index (χ4n) is 3.33. The number of benzene rings is 1. The zero-order valence-corrected chi connectivity index (χ0v) is 13.9. The Balaban J connectivity index is 1.72. The number of nitrogens with zero attached hydrogens (tertiary/aromatic N) is 1. The minimum atomic E-state index is -0.348. The molecule has 1 unspecified atom stereocenters. The van der Waals surface area contributed by atoms with Crippen LogP contribution in [0.2, 0.25) is 0 Å². The summed E-state index contributed by atoms with van der Waals surface area (Å²) in [6.07, 6.45) is 3.33. The zero-order chi connectivity index (χ0) is 17.2. The minimum absolute atomic E-state index is 0.0135. The van der Waals surface area contributed by atoms with Gasteiger partial charge in [0.25, 0.3) is 0 Å². The molecule has 1 fully saturated rings. The lowest BCUT2D eigenvalue weighted by molar-refractivity contribution is -0.122. The lowest BCUT2D eigenvalue weighted by Gasteiger charge is -2.31. The number of halogens is 1. The fraction of sp³-hybridized carbons (Fsp3) is 0.444. The predicted molar refractivity (Wildman–Crippen MR) is 88.5 cm³/mol. The zero-order valence-electron chi connectivity index (χ0n) is 13.9. The van der Waals surface area contributed by atoms with Gasteiger partial charge in [-0.1, -0.05) is 26.0 Å². The van der Waals surface area contributed by atoms with Crippen molar-refractivity contribution in [1.29, 1.82) is 0 Å². The highest BCUT2D eigenvalue weighted by atomic mass is 19.1. The van der Waals surface area contributed by atoms with Gasteiger partial charge in [0.05, 0.1) is 24.3 Å². The van der Waals surface area contributed by atoms with Gasteiger partial charge in [-0.15, -0.1) is 0 Å². The van der Waals surface area contributed by atoms with Gasteiger partial charge in [-0.2, -0.15) is 0 Å². The van der Waals surface area contributed by atoms with E-state index >= 15 is 0 Å². The molecule has 1 saturated heterocycles. The molecule has 1 amide bonds. The maximum Gasteiger partial charge on any atom is 0.237 e. The second-order valence-electron chi connectivity index (χ2n) is 6.20. The molecule has 2 N–H and O–H groups in total. The Morgan fingerprint density at radius 3 is 2.83 bits per heavy atom. The fourth-order valence-corrected chi connectivity index (χ4v) is 3.33. The first-order chi connectivity index (χ1) is 11.6. The minimum Gasteiger partial charge on any atom is -0.439 e. The van der Waals surface area contributed by atoms with Crippen molar-refractivity contribution in [2.75, 3.05) is 6.54 Å². The van der Waals surface area contributed by atoms with Crippen molar-refractivity contribution in [2.24, 2.45) is 5.41 Å². The Bertz CT molecular complexity index is 725. The molecule has 1 aliphatic rings. The summed E-state index contributed by atoms with van der Waals surface area (Å²) in [6, 6.07) is 6.15. The first kappa shape index (κ1) is 16.6. The van der Waals surface area contributed by atoms with E-state index in [0.717, 1.165) is 12.8 Å². The molecule has 0 radical (unpaired) electrons. The van der Waals surface area contributed by atoms with E-state index in [1.807, 2.05) is 0 Å². The van der Waals surface area contributed by atoms with Gasteiger partial charge in [0.2, 0.25) is 11.8 Å². The van der Waals surface area contributed by atoms with Crippen LogP contribution >= 0.6 is 0 Å². The van der Waals surface area contributed by atoms with Crippen LogP contribution < -0.4 is 10.6 Å². The van der Waals surface area contributed by atoms with Gasteiger partial charge in [-0.3, -0.25) is 10.1 Å². The average Bonchev–Trinajstić information content (AvgIpc) is 3.18. The molecule has 1 atom stereocenters. The van der Waals surface area contributed by atoms with E-state index < -0.39 is 0 Å². The van der Waals surface area contributed by atoms with Gasteiger partial charge in [0, 0.05) is 12.0 Å². The van der Waals surface area contributed by atoms with Gasteiger partial charge < -0.3 is 9.73 Å². The Hall–Kier alpha value is -2.21. The molecule has 1 aromatic carbocycles. The van der Waals surface area contributed by atoms with Crippen LogP contribution in [-0.4, -0.2) is 23.5 Å². The molecule has 6 heteroatoms. The van der Waals surface area contributed by atoms with E-state index in [9.17, 15) is 9.18 Å². The van der Waals surface area contributed by atoms with Crippen LogP contribution in [0.3, 0.4) is 0 Å². The normalized spacial score (nSPS) is 19.5. The Labute approximate surface area is 140 Å². The largest absolute Gasteiger partial charge is 0.439 e. The maximum atomic E-state index is 13.8. The average molecular weight is 331 g/mol. The molecule has 0 bridgehead atoms. The molecular formula is C18H22FN3O2. The molecule has 24 heavy (non-hydrogen) atoms. The highest BCUT2D eigenvalue weighted by Crippen LogP contribution is 2.34. The van der Waals surface area contributed by atoms with Crippen molar-refractivity contribution in [3.63, 3.8) is 0 Å². The quantitative estimate of drug-likeness (QED) is 0.854. The van der Waals surface area contributed by atoms with Crippen LogP contribution in [-0.2, 0) is 11.3 Å². The van der Waals surface area contributed by atoms with Crippen molar-refractivity contribution < 1.29 is 13.6 Å². The summed E-state index contributed by atoms with van der Waals surface area (Å²) in [5.41, 5.74) is 0.296. The molecule has 0 saturated carbocycles. The second kappa shape index (κ2) is 6.73. The summed E-state index contributed by atoms with van der Waals surface area (Å²) < 4.78 is 19.4. The molecule has 2 aromatic rings. The number of nitrogens with one attached hydrogen (secondary N) is 2.